The highest BCUT2D eigenvalue weighted by molar-refractivity contribution is 7.07. The Morgan fingerprint density at radius 3 is 2.69 bits per heavy atom. The second-order valence-corrected chi connectivity index (χ2v) is 9.33. The van der Waals surface area contributed by atoms with E-state index in [1.165, 1.54) is 29.0 Å². The van der Waals surface area contributed by atoms with Gasteiger partial charge in [-0.05, 0) is 47.7 Å². The van der Waals surface area contributed by atoms with Crippen LogP contribution in [0, 0.1) is 10.1 Å². The molecule has 0 fully saturated rings. The monoisotopic (exact) mass is 485 g/mol. The topological polar surface area (TPSA) is 99.9 Å². The van der Waals surface area contributed by atoms with Crippen molar-refractivity contribution in [2.45, 2.75) is 18.9 Å². The zero-order valence-electron chi connectivity index (χ0n) is 18.6. The SMILES string of the molecule is COc1ccc(C2C3=C(N=c4sc(=Cc5ccc([N+](=O)[O-])o5)c(=O)n42)c2ccccc2CC3)cc1. The smallest absolute Gasteiger partial charge is 0.433 e. The van der Waals surface area contributed by atoms with Crippen molar-refractivity contribution in [3.05, 3.63) is 118 Å². The summed E-state index contributed by atoms with van der Waals surface area (Å²) in [6.45, 7) is 0. The van der Waals surface area contributed by atoms with Crippen molar-refractivity contribution in [1.29, 1.82) is 0 Å². The van der Waals surface area contributed by atoms with E-state index in [4.69, 9.17) is 14.1 Å². The number of hydrogen-bond donors (Lipinski definition) is 0. The number of nitrogens with zero attached hydrogens (tertiary/aromatic N) is 3. The Kier molecular flexibility index (Phi) is 5.00. The van der Waals surface area contributed by atoms with E-state index in [9.17, 15) is 14.9 Å². The van der Waals surface area contributed by atoms with Crippen LogP contribution in [0.25, 0.3) is 11.8 Å². The number of hydrogen-bond acceptors (Lipinski definition) is 7. The molecule has 0 radical (unpaired) electrons. The predicted octanol–water partition coefficient (Wildman–Crippen LogP) is 3.83. The lowest BCUT2D eigenvalue weighted by atomic mass is 9.83. The standard InChI is InChI=1S/C26H19N3O5S/c1-33-17-9-6-16(7-10-17)24-20-12-8-15-4-2-3-5-19(15)23(20)27-26-28(24)25(30)21(35-26)14-18-11-13-22(34-18)29(31)32/h2-7,9-11,13-14,24H,8,12H2,1H3. The molecular weight excluding hydrogens is 466 g/mol. The van der Waals surface area contributed by atoms with E-state index in [0.717, 1.165) is 41.0 Å². The van der Waals surface area contributed by atoms with Gasteiger partial charge in [0.2, 0.25) is 0 Å². The van der Waals surface area contributed by atoms with Gasteiger partial charge < -0.3 is 9.15 Å². The molecule has 0 N–H and O–H groups in total. The fourth-order valence-electron chi connectivity index (χ4n) is 4.76. The lowest BCUT2D eigenvalue weighted by Crippen LogP contribution is -2.38. The maximum Gasteiger partial charge on any atom is 0.433 e. The van der Waals surface area contributed by atoms with Crippen LogP contribution < -0.4 is 19.6 Å². The van der Waals surface area contributed by atoms with Gasteiger partial charge in [0, 0.05) is 11.6 Å². The molecule has 0 saturated carbocycles. The number of furan rings is 1. The highest BCUT2D eigenvalue weighted by atomic mass is 32.1. The quantitative estimate of drug-likeness (QED) is 0.323. The van der Waals surface area contributed by atoms with Crippen LogP contribution in [-0.2, 0) is 6.42 Å². The maximum atomic E-state index is 13.6. The molecule has 35 heavy (non-hydrogen) atoms. The van der Waals surface area contributed by atoms with Crippen molar-refractivity contribution in [3.63, 3.8) is 0 Å². The fourth-order valence-corrected chi connectivity index (χ4v) is 5.74. The van der Waals surface area contributed by atoms with Gasteiger partial charge in [-0.2, -0.15) is 0 Å². The summed E-state index contributed by atoms with van der Waals surface area (Å²) in [6, 6.07) is 18.4. The van der Waals surface area contributed by atoms with Gasteiger partial charge in [0.25, 0.3) is 5.56 Å². The van der Waals surface area contributed by atoms with Crippen molar-refractivity contribution >= 4 is 29.0 Å². The zero-order valence-corrected chi connectivity index (χ0v) is 19.5. The Balaban J connectivity index is 1.58. The summed E-state index contributed by atoms with van der Waals surface area (Å²) < 4.78 is 12.7. The van der Waals surface area contributed by atoms with Crippen molar-refractivity contribution in [1.82, 2.24) is 4.57 Å². The Labute approximate surface area is 202 Å². The molecule has 4 aromatic rings. The van der Waals surface area contributed by atoms with Gasteiger partial charge in [-0.1, -0.05) is 47.7 Å². The van der Waals surface area contributed by atoms with Gasteiger partial charge in [-0.25, -0.2) is 4.99 Å². The van der Waals surface area contributed by atoms with Crippen molar-refractivity contribution in [3.8, 4) is 5.75 Å². The number of fused-ring (bicyclic) bond motifs is 3. The first-order chi connectivity index (χ1) is 17.0. The molecule has 6 rings (SSSR count). The van der Waals surface area contributed by atoms with Crippen molar-refractivity contribution < 1.29 is 14.1 Å². The number of allylic oxidation sites excluding steroid dienone is 1. The first-order valence-corrected chi connectivity index (χ1v) is 11.9. The first kappa shape index (κ1) is 21.3. The molecule has 8 nitrogen and oxygen atoms in total. The lowest BCUT2D eigenvalue weighted by Gasteiger charge is -2.30. The number of rotatable bonds is 4. The Hall–Kier alpha value is -4.24. The van der Waals surface area contributed by atoms with E-state index in [-0.39, 0.29) is 23.2 Å². The average Bonchev–Trinajstić information content (AvgIpc) is 3.47. The molecule has 0 bridgehead atoms. The van der Waals surface area contributed by atoms with Crippen LogP contribution in [0.4, 0.5) is 5.88 Å². The summed E-state index contributed by atoms with van der Waals surface area (Å²) in [4.78, 5) is 29.6. The number of nitro groups is 1. The highest BCUT2D eigenvalue weighted by Gasteiger charge is 2.32. The van der Waals surface area contributed by atoms with Gasteiger partial charge in [-0.15, -0.1) is 0 Å². The van der Waals surface area contributed by atoms with Crippen molar-refractivity contribution in [2.75, 3.05) is 7.11 Å². The zero-order chi connectivity index (χ0) is 24.1. The number of aryl methyl sites for hydroxylation is 1. The average molecular weight is 486 g/mol. The van der Waals surface area contributed by atoms with Gasteiger partial charge in [0.15, 0.2) is 4.80 Å². The summed E-state index contributed by atoms with van der Waals surface area (Å²) in [5, 5.41) is 11.0. The summed E-state index contributed by atoms with van der Waals surface area (Å²) in [5.41, 5.74) is 5.10. The number of aromatic nitrogens is 1. The predicted molar refractivity (Wildman–Crippen MR) is 131 cm³/mol. The molecule has 1 aliphatic heterocycles. The normalized spacial score (nSPS) is 16.8. The minimum absolute atomic E-state index is 0.209. The maximum absolute atomic E-state index is 13.6. The van der Waals surface area contributed by atoms with Crippen LogP contribution in [0.3, 0.4) is 0 Å². The molecule has 0 saturated heterocycles. The molecule has 9 heteroatoms. The second kappa shape index (κ2) is 8.21. The van der Waals surface area contributed by atoms with Crippen LogP contribution in [0.5, 0.6) is 5.75 Å². The van der Waals surface area contributed by atoms with E-state index in [0.29, 0.717) is 9.33 Å². The minimum atomic E-state index is -0.603. The Bertz CT molecular complexity index is 1690. The third kappa shape index (κ3) is 3.52. The van der Waals surface area contributed by atoms with E-state index in [2.05, 4.69) is 12.1 Å². The third-order valence-electron chi connectivity index (χ3n) is 6.37. The molecule has 1 unspecified atom stereocenters. The molecule has 1 atom stereocenters. The van der Waals surface area contributed by atoms with E-state index in [1.54, 1.807) is 17.8 Å². The van der Waals surface area contributed by atoms with Crippen LogP contribution in [0.2, 0.25) is 0 Å². The molecule has 1 aliphatic carbocycles. The molecule has 2 aromatic carbocycles. The number of benzene rings is 2. The highest BCUT2D eigenvalue weighted by Crippen LogP contribution is 2.41. The first-order valence-electron chi connectivity index (χ1n) is 11.0. The van der Waals surface area contributed by atoms with Gasteiger partial charge >= 0.3 is 5.88 Å². The second-order valence-electron chi connectivity index (χ2n) is 8.32. The summed E-state index contributed by atoms with van der Waals surface area (Å²) in [5.74, 6) is 0.619. The molecular formula is C26H19N3O5S. The molecule has 0 amide bonds. The number of thiazole rings is 1. The number of methoxy groups -OCH3 is 1. The molecule has 2 aliphatic rings. The fraction of sp³-hybridized carbons (Fsp3) is 0.154. The Morgan fingerprint density at radius 1 is 1.14 bits per heavy atom. The van der Waals surface area contributed by atoms with E-state index in [1.807, 2.05) is 36.4 Å². The largest absolute Gasteiger partial charge is 0.497 e. The van der Waals surface area contributed by atoms with Gasteiger partial charge in [-0.3, -0.25) is 19.5 Å². The molecule has 0 spiro atoms. The van der Waals surface area contributed by atoms with E-state index < -0.39 is 4.92 Å². The Morgan fingerprint density at radius 2 is 1.94 bits per heavy atom. The van der Waals surface area contributed by atoms with Crippen LogP contribution in [-0.4, -0.2) is 16.6 Å². The van der Waals surface area contributed by atoms with Crippen LogP contribution >= 0.6 is 11.3 Å². The van der Waals surface area contributed by atoms with Gasteiger partial charge in [0.05, 0.1) is 29.4 Å². The van der Waals surface area contributed by atoms with Crippen LogP contribution in [0.1, 0.15) is 34.9 Å². The summed E-state index contributed by atoms with van der Waals surface area (Å²) in [7, 11) is 1.62. The summed E-state index contributed by atoms with van der Waals surface area (Å²) in [6.07, 6.45) is 3.21. The number of ether oxygens (including phenoxy) is 1. The third-order valence-corrected chi connectivity index (χ3v) is 7.35. The lowest BCUT2D eigenvalue weighted by molar-refractivity contribution is -0.402. The minimum Gasteiger partial charge on any atom is -0.497 e. The molecule has 3 heterocycles. The summed E-state index contributed by atoms with van der Waals surface area (Å²) >= 11 is 1.25. The van der Waals surface area contributed by atoms with Crippen molar-refractivity contribution in [2.24, 2.45) is 4.99 Å². The van der Waals surface area contributed by atoms with E-state index >= 15 is 0 Å². The molecule has 2 aromatic heterocycles. The molecule has 174 valence electrons. The van der Waals surface area contributed by atoms with Gasteiger partial charge in [0.1, 0.15) is 16.4 Å². The van der Waals surface area contributed by atoms with Crippen LogP contribution in [0.15, 0.2) is 80.4 Å².